The predicted molar refractivity (Wildman–Crippen MR) is 221 cm³/mol. The summed E-state index contributed by atoms with van der Waals surface area (Å²) in [7, 11) is 3.51. The molecule has 0 aromatic rings. The van der Waals surface area contributed by atoms with Gasteiger partial charge in [-0.1, -0.05) is 101 Å². The number of likely N-dealkylation sites (tertiary alicyclic amines) is 1. The van der Waals surface area contributed by atoms with Crippen LogP contribution in [0.4, 0.5) is 4.79 Å². The number of rotatable bonds is 15. The number of unbranched alkanes of at least 4 members (excludes halogenated alkanes) is 1. The molecule has 12 nitrogen and oxygen atoms in total. The Hall–Kier alpha value is -2.92. The number of Topliss-reactive ketones (excluding diaryl/α,β-unsaturated/α-hetero) is 1. The Morgan fingerprint density at radius 3 is 2.00 bits per heavy atom. The SMILES string of the molecule is C#CCCC.C=CCNC(=O)C(=O)C(C)NC.CC.CCC.CN(S)CCNCC(NC(=O)NC(C(=O)N1CCCC1C=O)C(C)(C)C)C(C)(C)C. The molecule has 0 spiro atoms. The first-order valence-electron chi connectivity index (χ1n) is 18.7. The van der Waals surface area contributed by atoms with Gasteiger partial charge in [0.15, 0.2) is 0 Å². The van der Waals surface area contributed by atoms with Crippen molar-refractivity contribution in [3.8, 4) is 12.3 Å². The highest BCUT2D eigenvalue weighted by atomic mass is 32.1. The Morgan fingerprint density at radius 1 is 1.06 bits per heavy atom. The molecule has 0 saturated carbocycles. The molecule has 0 aromatic heterocycles. The van der Waals surface area contributed by atoms with Gasteiger partial charge >= 0.3 is 6.03 Å². The topological polar surface area (TPSA) is 152 Å². The van der Waals surface area contributed by atoms with Gasteiger partial charge in [0.2, 0.25) is 11.7 Å². The number of aldehydes is 1. The fourth-order valence-electron chi connectivity index (χ4n) is 4.14. The molecule has 1 heterocycles. The molecule has 4 unspecified atom stereocenters. The Bertz CT molecular complexity index is 1040. The monoisotopic (exact) mass is 756 g/mol. The molecule has 1 rings (SSSR count). The van der Waals surface area contributed by atoms with Crippen LogP contribution in [0, 0.1) is 23.2 Å². The minimum Gasteiger partial charge on any atom is -0.346 e. The number of likely N-dealkylation sites (N-methyl/N-ethyl adjacent to an activating group) is 2. The fraction of sp³-hybridized carbons (Fsp3) is 0.769. The van der Waals surface area contributed by atoms with Crippen LogP contribution in [0.2, 0.25) is 0 Å². The molecule has 0 aromatic carbocycles. The predicted octanol–water partition coefficient (Wildman–Crippen LogP) is 5.00. The molecule has 13 heteroatoms. The zero-order chi connectivity index (χ0) is 41.5. The molecular weight excluding hydrogens is 679 g/mol. The van der Waals surface area contributed by atoms with E-state index in [9.17, 15) is 24.0 Å². The zero-order valence-electron chi connectivity index (χ0n) is 35.2. The highest BCUT2D eigenvalue weighted by Crippen LogP contribution is 2.25. The summed E-state index contributed by atoms with van der Waals surface area (Å²) in [4.78, 5) is 61.0. The molecule has 52 heavy (non-hydrogen) atoms. The van der Waals surface area contributed by atoms with E-state index in [1.165, 1.54) is 12.5 Å². The van der Waals surface area contributed by atoms with Crippen molar-refractivity contribution >= 4 is 42.7 Å². The molecule has 304 valence electrons. The maximum Gasteiger partial charge on any atom is 0.315 e. The van der Waals surface area contributed by atoms with E-state index >= 15 is 0 Å². The molecule has 1 aliphatic rings. The first-order chi connectivity index (χ1) is 24.2. The number of nitrogens with zero attached hydrogens (tertiary/aromatic N) is 2. The van der Waals surface area contributed by atoms with Gasteiger partial charge < -0.3 is 36.3 Å². The molecule has 1 aliphatic heterocycles. The van der Waals surface area contributed by atoms with Crippen molar-refractivity contribution in [3.05, 3.63) is 12.7 Å². The maximum absolute atomic E-state index is 13.2. The summed E-state index contributed by atoms with van der Waals surface area (Å²) in [5.74, 6) is 1.29. The van der Waals surface area contributed by atoms with Gasteiger partial charge in [-0.05, 0) is 51.1 Å². The van der Waals surface area contributed by atoms with Gasteiger partial charge in [0.25, 0.3) is 5.91 Å². The smallest absolute Gasteiger partial charge is 0.315 e. The van der Waals surface area contributed by atoms with Crippen molar-refractivity contribution < 1.29 is 24.0 Å². The van der Waals surface area contributed by atoms with Crippen molar-refractivity contribution in [2.24, 2.45) is 10.8 Å². The zero-order valence-corrected chi connectivity index (χ0v) is 36.1. The normalized spacial score (nSPS) is 15.1. The number of ketones is 1. The number of hydrogen-bond acceptors (Lipinski definition) is 9. The highest BCUT2D eigenvalue weighted by Gasteiger charge is 2.40. The van der Waals surface area contributed by atoms with Crippen LogP contribution in [0.25, 0.3) is 0 Å². The number of hydrogen-bond donors (Lipinski definition) is 6. The van der Waals surface area contributed by atoms with E-state index in [1.807, 2.05) is 41.7 Å². The van der Waals surface area contributed by atoms with E-state index < -0.39 is 35.2 Å². The molecule has 0 bridgehead atoms. The fourth-order valence-corrected chi connectivity index (χ4v) is 4.24. The van der Waals surface area contributed by atoms with Crippen molar-refractivity contribution in [1.29, 1.82) is 0 Å². The summed E-state index contributed by atoms with van der Waals surface area (Å²) in [6.07, 6.45) is 12.0. The summed E-state index contributed by atoms with van der Waals surface area (Å²) in [6.45, 7) is 30.3. The lowest BCUT2D eigenvalue weighted by Crippen LogP contribution is -2.60. The van der Waals surface area contributed by atoms with E-state index in [4.69, 9.17) is 6.42 Å². The van der Waals surface area contributed by atoms with Crippen LogP contribution in [0.15, 0.2) is 12.7 Å². The van der Waals surface area contributed by atoms with E-state index in [1.54, 1.807) is 23.2 Å². The van der Waals surface area contributed by atoms with Crippen LogP contribution in [0.1, 0.15) is 115 Å². The van der Waals surface area contributed by atoms with Crippen LogP contribution in [-0.2, 0) is 19.2 Å². The van der Waals surface area contributed by atoms with Crippen LogP contribution < -0.4 is 26.6 Å². The summed E-state index contributed by atoms with van der Waals surface area (Å²) in [6, 6.07) is -2.06. The lowest BCUT2D eigenvalue weighted by molar-refractivity contribution is -0.138. The number of thiol groups is 1. The van der Waals surface area contributed by atoms with Gasteiger partial charge in [-0.3, -0.25) is 18.7 Å². The minimum absolute atomic E-state index is 0.132. The van der Waals surface area contributed by atoms with Crippen molar-refractivity contribution in [2.75, 3.05) is 46.8 Å². The van der Waals surface area contributed by atoms with Gasteiger partial charge in [-0.25, -0.2) is 4.79 Å². The largest absolute Gasteiger partial charge is 0.346 e. The van der Waals surface area contributed by atoms with Crippen LogP contribution in [-0.4, -0.2) is 110 Å². The molecule has 4 amide bonds. The van der Waals surface area contributed by atoms with E-state index in [-0.39, 0.29) is 23.4 Å². The Morgan fingerprint density at radius 2 is 1.62 bits per heavy atom. The number of terminal acetylenes is 1. The number of carbonyl (C=O) groups excluding carboxylic acids is 5. The third-order valence-electron chi connectivity index (χ3n) is 7.29. The molecular formula is C39H77N7O5S. The Balaban J connectivity index is -0.000000428. The van der Waals surface area contributed by atoms with Crippen LogP contribution in [0.5, 0.6) is 0 Å². The lowest BCUT2D eigenvalue weighted by atomic mass is 9.85. The standard InChI is InChI=1S/C21H41N5O3S.C8H14N2O2.C5H8.C3H8.C2H6/c1-20(2,3)16(13-22-10-12-25(7)30)23-19(29)24-17(21(4,5)6)18(28)26-11-8-9-15(26)14-27;1-4-5-10-8(12)7(11)6(2)9-3;1-3-5-4-2;1-3-2;1-2/h14-17,22,30H,8-13H2,1-7H3,(H2,23,24,29);4,6,9H,1,5H2,2-3H3,(H,10,12);1H,4-5H2,2H3;3H2,1-2H3;1-2H3. The lowest BCUT2D eigenvalue weighted by Gasteiger charge is -2.36. The first-order valence-corrected chi connectivity index (χ1v) is 19.1. The van der Waals surface area contributed by atoms with Gasteiger partial charge in [0.05, 0.1) is 12.1 Å². The second-order valence-electron chi connectivity index (χ2n) is 14.3. The average Bonchev–Trinajstić information content (AvgIpc) is 3.57. The molecule has 0 radical (unpaired) electrons. The van der Waals surface area contributed by atoms with Crippen molar-refractivity contribution in [2.45, 2.75) is 139 Å². The second kappa shape index (κ2) is 32.7. The van der Waals surface area contributed by atoms with Crippen molar-refractivity contribution in [1.82, 2.24) is 35.8 Å². The summed E-state index contributed by atoms with van der Waals surface area (Å²) >= 11 is 4.22. The summed E-state index contributed by atoms with van der Waals surface area (Å²) in [5, 5.41) is 14.3. The molecule has 4 atom stereocenters. The summed E-state index contributed by atoms with van der Waals surface area (Å²) < 4.78 is 1.80. The van der Waals surface area contributed by atoms with Gasteiger partial charge in [0.1, 0.15) is 12.3 Å². The van der Waals surface area contributed by atoms with E-state index in [2.05, 4.69) is 93.4 Å². The van der Waals surface area contributed by atoms with E-state index in [0.717, 1.165) is 38.6 Å². The van der Waals surface area contributed by atoms with Crippen LogP contribution in [0.3, 0.4) is 0 Å². The first kappa shape index (κ1) is 55.8. The second-order valence-corrected chi connectivity index (χ2v) is 15.0. The summed E-state index contributed by atoms with van der Waals surface area (Å²) in [5.41, 5.74) is -0.660. The molecule has 1 fully saturated rings. The quantitative estimate of drug-likeness (QED) is 0.0342. The Labute approximate surface area is 323 Å². The Kier molecular flexibility index (Phi) is 35.1. The third-order valence-corrected chi connectivity index (χ3v) is 7.49. The number of nitrogens with one attached hydrogen (secondary N) is 5. The highest BCUT2D eigenvalue weighted by molar-refractivity contribution is 7.77. The number of amides is 4. The molecule has 1 saturated heterocycles. The molecule has 0 aliphatic carbocycles. The number of urea groups is 1. The van der Waals surface area contributed by atoms with Gasteiger partial charge in [-0.15, -0.1) is 18.9 Å². The average molecular weight is 756 g/mol. The molecule has 5 N–H and O–H groups in total. The maximum atomic E-state index is 13.2. The van der Waals surface area contributed by atoms with Crippen LogP contribution >= 0.6 is 12.8 Å². The van der Waals surface area contributed by atoms with Gasteiger partial charge in [0, 0.05) is 45.2 Å². The minimum atomic E-state index is -0.718. The van der Waals surface area contributed by atoms with Gasteiger partial charge in [-0.2, -0.15) is 0 Å². The van der Waals surface area contributed by atoms with E-state index in [0.29, 0.717) is 26.1 Å². The third kappa shape index (κ3) is 27.7. The number of carbonyl (C=O) groups is 5. The van der Waals surface area contributed by atoms with Crippen molar-refractivity contribution in [3.63, 3.8) is 0 Å².